The van der Waals surface area contributed by atoms with Crippen LogP contribution in [0.1, 0.15) is 37.8 Å². The molecular formula is C25H29N3O5. The number of nitrogens with two attached hydrogens (primary N) is 2. The predicted octanol–water partition coefficient (Wildman–Crippen LogP) is 2.90. The second-order valence-corrected chi connectivity index (χ2v) is 8.93. The summed E-state index contributed by atoms with van der Waals surface area (Å²) >= 11 is 0. The number of nitrogen functional groups attached to an aromatic ring is 1. The van der Waals surface area contributed by atoms with Crippen LogP contribution in [-0.4, -0.2) is 42.0 Å². The molecule has 0 amide bonds. The van der Waals surface area contributed by atoms with E-state index in [1.54, 1.807) is 0 Å². The first kappa shape index (κ1) is 22.7. The first-order valence-corrected chi connectivity index (χ1v) is 10.9. The Morgan fingerprint density at radius 3 is 2.73 bits per heavy atom. The average Bonchev–Trinajstić information content (AvgIpc) is 2.96. The molecular weight excluding hydrogens is 422 g/mol. The second kappa shape index (κ2) is 8.44. The van der Waals surface area contributed by atoms with Crippen molar-refractivity contribution in [1.29, 1.82) is 0 Å². The number of para-hydroxylation sites is 1. The molecule has 2 aromatic rings. The Kier molecular flexibility index (Phi) is 5.80. The minimum atomic E-state index is -1.14. The standard InChI is InChI=1S/C25H29N3O5/c1-24(2)18-5-3-4-6-20(18)28(13-14-32-22(29)10-8-19(27)23(30)31)25(24)12-11-16-15-17(26)7-9-21(16)33-25/h3-7,9,11-12,15,19H,8,10,13-14,26-27H2,1-2H3,(H,30,31)/t19-,25?/m0/s1. The van der Waals surface area contributed by atoms with Crippen LogP contribution in [0.2, 0.25) is 0 Å². The van der Waals surface area contributed by atoms with Gasteiger partial charge in [0.1, 0.15) is 18.4 Å². The normalized spacial score (nSPS) is 20.6. The SMILES string of the molecule is CC1(C)c2ccccc2N(CCOC(=O)CC[C@H](N)C(=O)O)C12C=Cc1cc(N)ccc1O2. The van der Waals surface area contributed by atoms with E-state index in [9.17, 15) is 9.59 Å². The van der Waals surface area contributed by atoms with Crippen molar-refractivity contribution in [3.05, 3.63) is 59.7 Å². The highest BCUT2D eigenvalue weighted by Gasteiger charge is 2.58. The molecule has 2 atom stereocenters. The van der Waals surface area contributed by atoms with Gasteiger partial charge < -0.3 is 30.9 Å². The Morgan fingerprint density at radius 2 is 1.97 bits per heavy atom. The molecule has 2 aliphatic heterocycles. The van der Waals surface area contributed by atoms with Gasteiger partial charge >= 0.3 is 11.9 Å². The van der Waals surface area contributed by atoms with Gasteiger partial charge in [-0.1, -0.05) is 18.2 Å². The number of carboxylic acid groups (broad SMARTS) is 1. The summed E-state index contributed by atoms with van der Waals surface area (Å²) in [5.41, 5.74) is 13.9. The summed E-state index contributed by atoms with van der Waals surface area (Å²) in [7, 11) is 0. The Bertz CT molecular complexity index is 1110. The molecule has 2 heterocycles. The fourth-order valence-electron chi connectivity index (χ4n) is 4.63. The van der Waals surface area contributed by atoms with Crippen molar-refractivity contribution >= 4 is 29.4 Å². The van der Waals surface area contributed by atoms with Crippen LogP contribution in [0.15, 0.2) is 48.5 Å². The van der Waals surface area contributed by atoms with Crippen molar-refractivity contribution in [3.8, 4) is 5.75 Å². The number of nitrogens with zero attached hydrogens (tertiary/aromatic N) is 1. The number of ether oxygens (including phenoxy) is 2. The third-order valence-electron chi connectivity index (χ3n) is 6.51. The van der Waals surface area contributed by atoms with E-state index >= 15 is 0 Å². The highest BCUT2D eigenvalue weighted by Crippen LogP contribution is 2.54. The number of esters is 1. The summed E-state index contributed by atoms with van der Waals surface area (Å²) in [6, 6.07) is 12.6. The topological polar surface area (TPSA) is 128 Å². The van der Waals surface area contributed by atoms with E-state index in [4.69, 9.17) is 26.0 Å². The number of carbonyl (C=O) groups excluding carboxylic acids is 1. The number of carboxylic acids is 1. The largest absolute Gasteiger partial charge is 0.480 e. The van der Waals surface area contributed by atoms with E-state index in [1.165, 1.54) is 0 Å². The lowest BCUT2D eigenvalue weighted by molar-refractivity contribution is -0.144. The number of hydrogen-bond donors (Lipinski definition) is 3. The predicted molar refractivity (Wildman–Crippen MR) is 126 cm³/mol. The molecule has 1 spiro atoms. The summed E-state index contributed by atoms with van der Waals surface area (Å²) in [5.74, 6) is -0.880. The number of fused-ring (bicyclic) bond motifs is 2. The van der Waals surface area contributed by atoms with Gasteiger partial charge in [-0.15, -0.1) is 0 Å². The van der Waals surface area contributed by atoms with E-state index in [0.29, 0.717) is 12.2 Å². The zero-order valence-corrected chi connectivity index (χ0v) is 18.8. The lowest BCUT2D eigenvalue weighted by Crippen LogP contribution is -2.60. The van der Waals surface area contributed by atoms with Gasteiger partial charge in [-0.05, 0) is 62.2 Å². The lowest BCUT2D eigenvalue weighted by Gasteiger charge is -2.47. The Balaban J connectivity index is 1.56. The quantitative estimate of drug-likeness (QED) is 0.433. The molecule has 0 fully saturated rings. The third kappa shape index (κ3) is 3.91. The number of anilines is 2. The zero-order valence-electron chi connectivity index (χ0n) is 18.8. The maximum Gasteiger partial charge on any atom is 0.320 e. The van der Waals surface area contributed by atoms with E-state index < -0.39 is 29.1 Å². The van der Waals surface area contributed by atoms with Gasteiger partial charge in [0.05, 0.1) is 12.0 Å². The first-order valence-electron chi connectivity index (χ1n) is 10.9. The molecule has 33 heavy (non-hydrogen) atoms. The van der Waals surface area contributed by atoms with Gasteiger partial charge in [-0.2, -0.15) is 0 Å². The summed E-state index contributed by atoms with van der Waals surface area (Å²) in [6.45, 7) is 4.79. The van der Waals surface area contributed by atoms with E-state index in [1.807, 2.05) is 48.6 Å². The minimum absolute atomic E-state index is 0.0312. The van der Waals surface area contributed by atoms with Crippen molar-refractivity contribution in [2.75, 3.05) is 23.8 Å². The Morgan fingerprint density at radius 1 is 1.21 bits per heavy atom. The number of aliphatic carboxylic acids is 1. The molecule has 0 aromatic heterocycles. The fraction of sp³-hybridized carbons (Fsp3) is 0.360. The van der Waals surface area contributed by atoms with Gasteiger partial charge in [-0.25, -0.2) is 0 Å². The number of rotatable bonds is 7. The summed E-state index contributed by atoms with van der Waals surface area (Å²) < 4.78 is 12.1. The Labute approximate surface area is 192 Å². The molecule has 4 rings (SSSR count). The molecule has 5 N–H and O–H groups in total. The molecule has 8 nitrogen and oxygen atoms in total. The van der Waals surface area contributed by atoms with Crippen molar-refractivity contribution < 1.29 is 24.2 Å². The highest BCUT2D eigenvalue weighted by molar-refractivity contribution is 5.76. The smallest absolute Gasteiger partial charge is 0.320 e. The molecule has 0 aliphatic carbocycles. The van der Waals surface area contributed by atoms with Gasteiger partial charge in [0.15, 0.2) is 0 Å². The molecule has 0 saturated heterocycles. The molecule has 0 radical (unpaired) electrons. The summed E-state index contributed by atoms with van der Waals surface area (Å²) in [5, 5.41) is 8.87. The van der Waals surface area contributed by atoms with Crippen LogP contribution < -0.4 is 21.1 Å². The maximum atomic E-state index is 12.1. The molecule has 0 bridgehead atoms. The summed E-state index contributed by atoms with van der Waals surface area (Å²) in [6.07, 6.45) is 4.05. The van der Waals surface area contributed by atoms with Crippen molar-refractivity contribution in [3.63, 3.8) is 0 Å². The van der Waals surface area contributed by atoms with Gasteiger partial charge in [0.2, 0.25) is 5.72 Å². The molecule has 174 valence electrons. The maximum absolute atomic E-state index is 12.1. The lowest BCUT2D eigenvalue weighted by atomic mass is 9.76. The molecule has 2 aromatic carbocycles. The van der Waals surface area contributed by atoms with Crippen LogP contribution in [0.3, 0.4) is 0 Å². The number of hydrogen-bond acceptors (Lipinski definition) is 7. The van der Waals surface area contributed by atoms with Gasteiger partial charge in [0, 0.05) is 23.4 Å². The third-order valence-corrected chi connectivity index (χ3v) is 6.51. The number of carbonyl (C=O) groups is 2. The van der Waals surface area contributed by atoms with Crippen LogP contribution >= 0.6 is 0 Å². The van der Waals surface area contributed by atoms with Crippen LogP contribution in [0, 0.1) is 0 Å². The molecule has 0 saturated carbocycles. The number of benzene rings is 2. The average molecular weight is 452 g/mol. The van der Waals surface area contributed by atoms with Gasteiger partial charge in [0.25, 0.3) is 0 Å². The first-order chi connectivity index (χ1) is 15.7. The monoisotopic (exact) mass is 451 g/mol. The van der Waals surface area contributed by atoms with Crippen LogP contribution in [0.5, 0.6) is 5.75 Å². The van der Waals surface area contributed by atoms with E-state index in [-0.39, 0.29) is 19.4 Å². The molecule has 8 heteroatoms. The molecule has 1 unspecified atom stereocenters. The van der Waals surface area contributed by atoms with Gasteiger partial charge in [-0.3, -0.25) is 9.59 Å². The van der Waals surface area contributed by atoms with E-state index in [0.717, 1.165) is 22.6 Å². The van der Waals surface area contributed by atoms with Crippen LogP contribution in [-0.2, 0) is 19.7 Å². The Hall–Kier alpha value is -3.52. The second-order valence-electron chi connectivity index (χ2n) is 8.93. The highest BCUT2D eigenvalue weighted by atomic mass is 16.5. The van der Waals surface area contributed by atoms with Crippen LogP contribution in [0.4, 0.5) is 11.4 Å². The van der Waals surface area contributed by atoms with Crippen molar-refractivity contribution in [2.45, 2.75) is 43.9 Å². The van der Waals surface area contributed by atoms with E-state index in [2.05, 4.69) is 24.8 Å². The van der Waals surface area contributed by atoms with Crippen molar-refractivity contribution in [1.82, 2.24) is 0 Å². The fourth-order valence-corrected chi connectivity index (χ4v) is 4.63. The summed E-state index contributed by atoms with van der Waals surface area (Å²) in [4.78, 5) is 25.1. The zero-order chi connectivity index (χ0) is 23.8. The van der Waals surface area contributed by atoms with Crippen LogP contribution in [0.25, 0.3) is 6.08 Å². The van der Waals surface area contributed by atoms with Crippen molar-refractivity contribution in [2.24, 2.45) is 5.73 Å². The molecule has 2 aliphatic rings. The minimum Gasteiger partial charge on any atom is -0.480 e.